The number of hydrogen-bond donors (Lipinski definition) is 1. The van der Waals surface area contributed by atoms with Crippen molar-refractivity contribution in [3.05, 3.63) is 133 Å². The molecular formula is C34H28Cl2IN3O3. The van der Waals surface area contributed by atoms with Crippen LogP contribution in [0, 0.1) is 10.5 Å². The van der Waals surface area contributed by atoms with Crippen LogP contribution in [0.4, 0.5) is 0 Å². The third-order valence-corrected chi connectivity index (χ3v) is 8.02. The molecule has 5 aromatic rings. The minimum absolute atomic E-state index is 0.256. The second kappa shape index (κ2) is 14.1. The molecule has 0 aliphatic heterocycles. The Kier molecular flexibility index (Phi) is 10.1. The topological polar surface area (TPSA) is 64.8 Å². The molecule has 9 heteroatoms. The van der Waals surface area contributed by atoms with Crippen LogP contribution >= 0.6 is 45.8 Å². The number of nitrogens with one attached hydrogen (secondary N) is 1. The van der Waals surface area contributed by atoms with Gasteiger partial charge in [0.2, 0.25) is 0 Å². The molecule has 0 bridgehead atoms. The largest absolute Gasteiger partial charge is 0.490 e. The highest BCUT2D eigenvalue weighted by Crippen LogP contribution is 2.35. The Hall–Kier alpha value is -3.79. The third-order valence-electron chi connectivity index (χ3n) is 6.63. The molecule has 0 aliphatic carbocycles. The van der Waals surface area contributed by atoms with Gasteiger partial charge in [0.25, 0.3) is 5.91 Å². The molecule has 6 nitrogen and oxygen atoms in total. The Labute approximate surface area is 274 Å². The van der Waals surface area contributed by atoms with Crippen molar-refractivity contribution in [2.75, 3.05) is 6.61 Å². The van der Waals surface area contributed by atoms with E-state index < -0.39 is 0 Å². The van der Waals surface area contributed by atoms with Gasteiger partial charge in [-0.1, -0.05) is 59.6 Å². The molecule has 5 rings (SSSR count). The summed E-state index contributed by atoms with van der Waals surface area (Å²) in [6, 6.07) is 30.9. The molecule has 0 fully saturated rings. The van der Waals surface area contributed by atoms with Crippen LogP contribution < -0.4 is 14.9 Å². The number of aromatic nitrogens is 1. The van der Waals surface area contributed by atoms with Gasteiger partial charge in [0.05, 0.1) is 22.1 Å². The Bertz CT molecular complexity index is 1770. The van der Waals surface area contributed by atoms with Crippen molar-refractivity contribution in [3.8, 4) is 28.4 Å². The fourth-order valence-corrected chi connectivity index (χ4v) is 5.81. The maximum absolute atomic E-state index is 12.9. The van der Waals surface area contributed by atoms with Crippen molar-refractivity contribution in [1.82, 2.24) is 9.99 Å². The number of rotatable bonds is 10. The highest BCUT2D eigenvalue weighted by atomic mass is 127. The van der Waals surface area contributed by atoms with E-state index in [0.717, 1.165) is 37.3 Å². The number of halogens is 3. The lowest BCUT2D eigenvalue weighted by Gasteiger charge is -2.15. The molecule has 0 aliphatic rings. The summed E-state index contributed by atoms with van der Waals surface area (Å²) in [5, 5.41) is 5.28. The van der Waals surface area contributed by atoms with E-state index in [-0.39, 0.29) is 12.5 Å². The molecule has 1 amide bonds. The molecule has 43 heavy (non-hydrogen) atoms. The molecule has 0 saturated carbocycles. The number of hydrazone groups is 1. The molecule has 0 spiro atoms. The van der Waals surface area contributed by atoms with Gasteiger partial charge in [0.1, 0.15) is 6.61 Å². The van der Waals surface area contributed by atoms with Gasteiger partial charge in [-0.15, -0.1) is 0 Å². The minimum Gasteiger partial charge on any atom is -0.490 e. The van der Waals surface area contributed by atoms with Crippen LogP contribution in [0.2, 0.25) is 10.0 Å². The van der Waals surface area contributed by atoms with Gasteiger partial charge < -0.3 is 14.0 Å². The molecule has 218 valence electrons. The first-order valence-corrected chi connectivity index (χ1v) is 15.4. The summed E-state index contributed by atoms with van der Waals surface area (Å²) in [5.41, 5.74) is 8.97. The number of ether oxygens (including phenoxy) is 2. The lowest BCUT2D eigenvalue weighted by atomic mass is 10.1. The van der Waals surface area contributed by atoms with Gasteiger partial charge in [-0.3, -0.25) is 4.79 Å². The van der Waals surface area contributed by atoms with Gasteiger partial charge in [-0.05, 0) is 108 Å². The van der Waals surface area contributed by atoms with E-state index in [4.69, 9.17) is 32.7 Å². The molecule has 1 aromatic heterocycles. The second-order valence-corrected chi connectivity index (χ2v) is 11.6. The fraction of sp³-hybridized carbons (Fsp3) is 0.118. The van der Waals surface area contributed by atoms with E-state index in [1.165, 1.54) is 0 Å². The van der Waals surface area contributed by atoms with Crippen LogP contribution in [0.25, 0.3) is 16.9 Å². The zero-order valence-corrected chi connectivity index (χ0v) is 27.2. The second-order valence-electron chi connectivity index (χ2n) is 9.59. The first-order chi connectivity index (χ1) is 20.8. The molecule has 0 atom stereocenters. The van der Waals surface area contributed by atoms with Crippen molar-refractivity contribution in [2.24, 2.45) is 5.10 Å². The Morgan fingerprint density at radius 2 is 1.72 bits per heavy atom. The smallest absolute Gasteiger partial charge is 0.271 e. The summed E-state index contributed by atoms with van der Waals surface area (Å²) in [5.74, 6) is 0.857. The number of benzene rings is 4. The monoisotopic (exact) mass is 723 g/mol. The van der Waals surface area contributed by atoms with E-state index >= 15 is 0 Å². The van der Waals surface area contributed by atoms with Gasteiger partial charge in [-0.25, -0.2) is 5.43 Å². The molecular weight excluding hydrogens is 696 g/mol. The molecule has 0 radical (unpaired) electrons. The highest BCUT2D eigenvalue weighted by Gasteiger charge is 2.14. The Morgan fingerprint density at radius 1 is 0.953 bits per heavy atom. The average molecular weight is 724 g/mol. The van der Waals surface area contributed by atoms with Crippen molar-refractivity contribution in [1.29, 1.82) is 0 Å². The van der Waals surface area contributed by atoms with Gasteiger partial charge >= 0.3 is 0 Å². The zero-order valence-electron chi connectivity index (χ0n) is 23.5. The van der Waals surface area contributed by atoms with E-state index in [1.807, 2.05) is 55.5 Å². The number of hydrogen-bond acceptors (Lipinski definition) is 4. The summed E-state index contributed by atoms with van der Waals surface area (Å²) in [6.45, 7) is 4.68. The van der Waals surface area contributed by atoms with Crippen LogP contribution in [-0.4, -0.2) is 23.3 Å². The van der Waals surface area contributed by atoms with Crippen LogP contribution in [0.15, 0.2) is 102 Å². The predicted molar refractivity (Wildman–Crippen MR) is 182 cm³/mol. The van der Waals surface area contributed by atoms with E-state index in [2.05, 4.69) is 68.9 Å². The van der Waals surface area contributed by atoms with Crippen LogP contribution in [-0.2, 0) is 6.61 Å². The highest BCUT2D eigenvalue weighted by molar-refractivity contribution is 14.1. The normalized spacial score (nSPS) is 11.1. The van der Waals surface area contributed by atoms with Crippen molar-refractivity contribution in [3.63, 3.8) is 0 Å². The van der Waals surface area contributed by atoms with E-state index in [9.17, 15) is 4.79 Å². The van der Waals surface area contributed by atoms with Crippen LogP contribution in [0.1, 0.15) is 34.1 Å². The lowest BCUT2D eigenvalue weighted by Crippen LogP contribution is -2.17. The summed E-state index contributed by atoms with van der Waals surface area (Å²) < 4.78 is 14.9. The molecule has 1 heterocycles. The van der Waals surface area contributed by atoms with Gasteiger partial charge in [-0.2, -0.15) is 5.10 Å². The summed E-state index contributed by atoms with van der Waals surface area (Å²) >= 11 is 14.5. The number of nitrogens with zero attached hydrogens (tertiary/aromatic N) is 2. The summed E-state index contributed by atoms with van der Waals surface area (Å²) in [6.07, 6.45) is 1.58. The van der Waals surface area contributed by atoms with Crippen molar-refractivity contribution >= 4 is 57.9 Å². The zero-order chi connectivity index (χ0) is 30.3. The average Bonchev–Trinajstić information content (AvgIpc) is 3.39. The van der Waals surface area contributed by atoms with Gasteiger partial charge in [0.15, 0.2) is 11.5 Å². The molecule has 1 N–H and O–H groups in total. The SMILES string of the molecule is CCOc1cc(/C=N/NC(=O)c2ccc(-n3c(C)ccc3-c3ccccc3)cc2)cc(I)c1OCc1ccc(Cl)cc1Cl. The summed E-state index contributed by atoms with van der Waals surface area (Å²) in [4.78, 5) is 12.9. The first-order valence-electron chi connectivity index (χ1n) is 13.5. The van der Waals surface area contributed by atoms with E-state index in [1.54, 1.807) is 30.5 Å². The third kappa shape index (κ3) is 7.41. The van der Waals surface area contributed by atoms with Crippen LogP contribution in [0.3, 0.4) is 0 Å². The summed E-state index contributed by atoms with van der Waals surface area (Å²) in [7, 11) is 0. The van der Waals surface area contributed by atoms with Gasteiger partial charge in [0, 0.05) is 32.6 Å². The number of carbonyl (C=O) groups excluding carboxylic acids is 1. The minimum atomic E-state index is -0.310. The predicted octanol–water partition coefficient (Wildman–Crippen LogP) is 9.11. The maximum Gasteiger partial charge on any atom is 0.271 e. The molecule has 4 aromatic carbocycles. The number of carbonyl (C=O) groups is 1. The van der Waals surface area contributed by atoms with E-state index in [0.29, 0.717) is 33.7 Å². The fourth-order valence-electron chi connectivity index (χ4n) is 4.56. The lowest BCUT2D eigenvalue weighted by molar-refractivity contribution is 0.0955. The molecule has 0 unspecified atom stereocenters. The number of aryl methyl sites for hydroxylation is 1. The quantitative estimate of drug-likeness (QED) is 0.0889. The van der Waals surface area contributed by atoms with Crippen molar-refractivity contribution in [2.45, 2.75) is 20.5 Å². The first kappa shape index (κ1) is 30.7. The number of amides is 1. The maximum atomic E-state index is 12.9. The Balaban J connectivity index is 1.27. The standard InChI is InChI=1S/C34H28Cl2IN3O3/c1-3-42-32-18-23(17-30(37)33(32)43-21-26-10-13-27(35)19-29(26)36)20-38-39-34(41)25-11-14-28(15-12-25)40-22(2)9-16-31(40)24-7-5-4-6-8-24/h4-20H,3,21H2,1-2H3,(H,39,41)/b38-20+. The van der Waals surface area contributed by atoms with Crippen LogP contribution in [0.5, 0.6) is 11.5 Å². The van der Waals surface area contributed by atoms with Crippen molar-refractivity contribution < 1.29 is 14.3 Å². The Morgan fingerprint density at radius 3 is 2.44 bits per heavy atom. The molecule has 0 saturated heterocycles.